The summed E-state index contributed by atoms with van der Waals surface area (Å²) in [4.78, 5) is 29.0. The fraction of sp³-hybridized carbons (Fsp3) is 0.353. The number of fused-ring (bicyclic) bond motifs is 1. The summed E-state index contributed by atoms with van der Waals surface area (Å²) >= 11 is 7.11. The highest BCUT2D eigenvalue weighted by Crippen LogP contribution is 2.31. The highest BCUT2D eigenvalue weighted by atomic mass is 35.5. The van der Waals surface area contributed by atoms with Gasteiger partial charge in [0.1, 0.15) is 17.2 Å². The average molecular weight is 381 g/mol. The average Bonchev–Trinajstić information content (AvgIpc) is 2.94. The van der Waals surface area contributed by atoms with Gasteiger partial charge >= 0.3 is 5.97 Å². The number of nitrogens with zero attached hydrogens (tertiary/aromatic N) is 1. The van der Waals surface area contributed by atoms with Crippen LogP contribution in [-0.4, -0.2) is 30.1 Å². The third kappa shape index (κ3) is 3.93. The van der Waals surface area contributed by atoms with Crippen LogP contribution in [0, 0.1) is 12.8 Å². The number of hydrogen-bond acceptors (Lipinski definition) is 6. The molecule has 1 unspecified atom stereocenters. The normalized spacial score (nSPS) is 15.9. The zero-order valence-corrected chi connectivity index (χ0v) is 15.4. The highest BCUT2D eigenvalue weighted by Gasteiger charge is 2.27. The maximum Gasteiger partial charge on any atom is 0.350 e. The van der Waals surface area contributed by atoms with E-state index in [0.717, 1.165) is 22.6 Å². The van der Waals surface area contributed by atoms with Crippen molar-refractivity contribution in [3.05, 3.63) is 39.4 Å². The van der Waals surface area contributed by atoms with E-state index < -0.39 is 5.97 Å². The molecule has 2 heterocycles. The fourth-order valence-electron chi connectivity index (χ4n) is 2.57. The summed E-state index contributed by atoms with van der Waals surface area (Å²) in [6, 6.07) is 5.38. The van der Waals surface area contributed by atoms with Crippen LogP contribution < -0.4 is 10.1 Å². The van der Waals surface area contributed by atoms with Gasteiger partial charge in [-0.25, -0.2) is 9.78 Å². The van der Waals surface area contributed by atoms with Crippen molar-refractivity contribution in [2.24, 2.45) is 5.92 Å². The van der Waals surface area contributed by atoms with Crippen molar-refractivity contribution < 1.29 is 19.1 Å². The van der Waals surface area contributed by atoms with Gasteiger partial charge in [0.25, 0.3) is 0 Å². The summed E-state index contributed by atoms with van der Waals surface area (Å²) in [7, 11) is 0. The van der Waals surface area contributed by atoms with Crippen molar-refractivity contribution in [3.63, 3.8) is 0 Å². The molecule has 1 atom stereocenters. The van der Waals surface area contributed by atoms with Gasteiger partial charge in [0, 0.05) is 5.02 Å². The van der Waals surface area contributed by atoms with Gasteiger partial charge < -0.3 is 14.8 Å². The van der Waals surface area contributed by atoms with Crippen molar-refractivity contribution >= 4 is 39.9 Å². The molecule has 6 nitrogen and oxygen atoms in total. The topological polar surface area (TPSA) is 77.5 Å². The summed E-state index contributed by atoms with van der Waals surface area (Å²) in [5.74, 6) is -0.221. The second kappa shape index (κ2) is 7.41. The first-order valence-corrected chi connectivity index (χ1v) is 9.04. The van der Waals surface area contributed by atoms with E-state index in [2.05, 4.69) is 10.3 Å². The number of rotatable bonds is 4. The number of aromatic nitrogens is 1. The predicted octanol–water partition coefficient (Wildman–Crippen LogP) is 3.47. The standard InChI is InChI=1S/C17H17ClN2O4S/c1-3-23-16(22)14-9(2)19-17(25-14)20-15(21)11-6-10-7-12(18)4-5-13(10)24-8-11/h4-5,7,11H,3,6,8H2,1-2H3,(H,19,20,21). The van der Waals surface area contributed by atoms with Crippen LogP contribution in [0.15, 0.2) is 18.2 Å². The number of carbonyl (C=O) groups is 2. The lowest BCUT2D eigenvalue weighted by molar-refractivity contribution is -0.121. The number of esters is 1. The van der Waals surface area contributed by atoms with Crippen molar-refractivity contribution in [1.29, 1.82) is 0 Å². The predicted molar refractivity (Wildman–Crippen MR) is 95.6 cm³/mol. The summed E-state index contributed by atoms with van der Waals surface area (Å²) in [5.41, 5.74) is 1.44. The maximum atomic E-state index is 12.5. The molecule has 132 valence electrons. The SMILES string of the molecule is CCOC(=O)c1sc(NC(=O)C2COc3ccc(Cl)cc3C2)nc1C. The number of halogens is 1. The zero-order valence-electron chi connectivity index (χ0n) is 13.8. The van der Waals surface area contributed by atoms with Crippen LogP contribution in [0.25, 0.3) is 0 Å². The second-order valence-corrected chi connectivity index (χ2v) is 7.04. The Kier molecular flexibility index (Phi) is 5.24. The Hall–Kier alpha value is -2.12. The van der Waals surface area contributed by atoms with E-state index >= 15 is 0 Å². The van der Waals surface area contributed by atoms with Crippen molar-refractivity contribution in [2.45, 2.75) is 20.3 Å². The third-order valence-corrected chi connectivity index (χ3v) is 5.08. The highest BCUT2D eigenvalue weighted by molar-refractivity contribution is 7.17. The number of ether oxygens (including phenoxy) is 2. The smallest absolute Gasteiger partial charge is 0.350 e. The third-order valence-electron chi connectivity index (χ3n) is 3.79. The van der Waals surface area contributed by atoms with Gasteiger partial charge in [-0.1, -0.05) is 22.9 Å². The molecule has 1 aliphatic rings. The Labute approximate surface area is 154 Å². The summed E-state index contributed by atoms with van der Waals surface area (Å²) < 4.78 is 10.6. The first-order valence-electron chi connectivity index (χ1n) is 7.84. The Morgan fingerprint density at radius 2 is 2.28 bits per heavy atom. The lowest BCUT2D eigenvalue weighted by Crippen LogP contribution is -2.32. The van der Waals surface area contributed by atoms with Gasteiger partial charge in [0.2, 0.25) is 5.91 Å². The number of anilines is 1. The number of hydrogen-bond donors (Lipinski definition) is 1. The maximum absolute atomic E-state index is 12.5. The van der Waals surface area contributed by atoms with Crippen LogP contribution >= 0.6 is 22.9 Å². The fourth-order valence-corrected chi connectivity index (χ4v) is 3.63. The summed E-state index contributed by atoms with van der Waals surface area (Å²) in [6.45, 7) is 4.03. The van der Waals surface area contributed by atoms with Crippen LogP contribution in [0.2, 0.25) is 5.02 Å². The minimum Gasteiger partial charge on any atom is -0.492 e. The quantitative estimate of drug-likeness (QED) is 0.822. The molecule has 1 N–H and O–H groups in total. The van der Waals surface area contributed by atoms with Crippen LogP contribution in [0.5, 0.6) is 5.75 Å². The molecule has 0 saturated heterocycles. The number of amides is 1. The van der Waals surface area contributed by atoms with E-state index in [1.54, 1.807) is 19.9 Å². The van der Waals surface area contributed by atoms with E-state index in [0.29, 0.717) is 33.8 Å². The van der Waals surface area contributed by atoms with Crippen molar-refractivity contribution in [1.82, 2.24) is 4.98 Å². The minimum absolute atomic E-state index is 0.199. The van der Waals surface area contributed by atoms with Crippen LogP contribution in [0.3, 0.4) is 0 Å². The molecule has 1 aromatic carbocycles. The first-order chi connectivity index (χ1) is 12.0. The van der Waals surface area contributed by atoms with Crippen molar-refractivity contribution in [3.8, 4) is 5.75 Å². The Morgan fingerprint density at radius 1 is 1.48 bits per heavy atom. The molecular formula is C17H17ClN2O4S. The van der Waals surface area contributed by atoms with Gasteiger partial charge in [0.05, 0.1) is 18.2 Å². The largest absolute Gasteiger partial charge is 0.492 e. The van der Waals surface area contributed by atoms with E-state index in [1.807, 2.05) is 12.1 Å². The molecule has 0 bridgehead atoms. The zero-order chi connectivity index (χ0) is 18.0. The van der Waals surface area contributed by atoms with E-state index in [9.17, 15) is 9.59 Å². The Bertz CT molecular complexity index is 821. The van der Waals surface area contributed by atoms with Crippen LogP contribution in [-0.2, 0) is 16.0 Å². The molecule has 1 aromatic heterocycles. The molecule has 25 heavy (non-hydrogen) atoms. The van der Waals surface area contributed by atoms with Gasteiger partial charge in [-0.2, -0.15) is 0 Å². The Morgan fingerprint density at radius 3 is 3.04 bits per heavy atom. The number of carbonyl (C=O) groups excluding carboxylic acids is 2. The molecule has 1 amide bonds. The number of benzene rings is 1. The monoisotopic (exact) mass is 380 g/mol. The molecule has 0 saturated carbocycles. The van der Waals surface area contributed by atoms with Gasteiger partial charge in [0.15, 0.2) is 5.13 Å². The summed E-state index contributed by atoms with van der Waals surface area (Å²) in [5, 5.41) is 3.75. The molecule has 3 rings (SSSR count). The molecule has 2 aromatic rings. The number of thiazole rings is 1. The van der Waals surface area contributed by atoms with Gasteiger partial charge in [-0.05, 0) is 44.0 Å². The molecule has 0 spiro atoms. The van der Waals surface area contributed by atoms with E-state index in [-0.39, 0.29) is 18.4 Å². The lowest BCUT2D eigenvalue weighted by atomic mass is 9.96. The van der Waals surface area contributed by atoms with Crippen LogP contribution in [0.1, 0.15) is 27.9 Å². The molecule has 0 radical (unpaired) electrons. The number of aryl methyl sites for hydroxylation is 1. The van der Waals surface area contributed by atoms with Crippen molar-refractivity contribution in [2.75, 3.05) is 18.5 Å². The summed E-state index contributed by atoms with van der Waals surface area (Å²) in [6.07, 6.45) is 0.539. The molecule has 8 heteroatoms. The number of nitrogens with one attached hydrogen (secondary N) is 1. The van der Waals surface area contributed by atoms with Gasteiger partial charge in [-0.3, -0.25) is 4.79 Å². The molecule has 1 aliphatic heterocycles. The lowest BCUT2D eigenvalue weighted by Gasteiger charge is -2.24. The molecule has 0 aliphatic carbocycles. The Balaban J connectivity index is 1.69. The van der Waals surface area contributed by atoms with Gasteiger partial charge in [-0.15, -0.1) is 0 Å². The minimum atomic E-state index is -0.428. The van der Waals surface area contributed by atoms with E-state index in [1.165, 1.54) is 0 Å². The molecule has 0 fully saturated rings. The van der Waals surface area contributed by atoms with Crippen LogP contribution in [0.4, 0.5) is 5.13 Å². The molecular weight excluding hydrogens is 364 g/mol. The van der Waals surface area contributed by atoms with E-state index in [4.69, 9.17) is 21.1 Å². The first kappa shape index (κ1) is 17.7. The second-order valence-electron chi connectivity index (χ2n) is 5.61.